The first-order chi connectivity index (χ1) is 8.80. The van der Waals surface area contributed by atoms with Gasteiger partial charge in [-0.15, -0.1) is 0 Å². The van der Waals surface area contributed by atoms with Crippen molar-refractivity contribution in [2.24, 2.45) is 0 Å². The Hall–Kier alpha value is -1.84. The molecule has 19 heavy (non-hydrogen) atoms. The summed E-state index contributed by atoms with van der Waals surface area (Å²) in [6.45, 7) is 6.73. The van der Waals surface area contributed by atoms with Gasteiger partial charge in [-0.3, -0.25) is 4.79 Å². The SMILES string of the molecule is CC(=O)OC(C)(C)CC(C)OC(=O)c1ccccc1. The lowest BCUT2D eigenvalue weighted by atomic mass is 10.0. The van der Waals surface area contributed by atoms with E-state index >= 15 is 0 Å². The summed E-state index contributed by atoms with van der Waals surface area (Å²) in [7, 11) is 0. The highest BCUT2D eigenvalue weighted by molar-refractivity contribution is 5.89. The van der Waals surface area contributed by atoms with E-state index in [0.717, 1.165) is 0 Å². The van der Waals surface area contributed by atoms with Crippen LogP contribution in [0.5, 0.6) is 0 Å². The molecule has 0 aliphatic carbocycles. The van der Waals surface area contributed by atoms with Crippen LogP contribution in [-0.4, -0.2) is 23.6 Å². The van der Waals surface area contributed by atoms with Gasteiger partial charge in [0.15, 0.2) is 0 Å². The molecule has 4 heteroatoms. The van der Waals surface area contributed by atoms with E-state index in [0.29, 0.717) is 12.0 Å². The zero-order valence-electron chi connectivity index (χ0n) is 11.8. The largest absolute Gasteiger partial charge is 0.460 e. The van der Waals surface area contributed by atoms with Crippen molar-refractivity contribution in [2.45, 2.75) is 45.8 Å². The number of esters is 2. The second kappa shape index (κ2) is 6.36. The van der Waals surface area contributed by atoms with Crippen molar-refractivity contribution in [1.29, 1.82) is 0 Å². The molecule has 1 atom stereocenters. The number of carbonyl (C=O) groups is 2. The lowest BCUT2D eigenvalue weighted by Gasteiger charge is -2.27. The normalized spacial score (nSPS) is 12.6. The van der Waals surface area contributed by atoms with Crippen LogP contribution in [-0.2, 0) is 14.3 Å². The maximum absolute atomic E-state index is 11.8. The minimum atomic E-state index is -0.651. The fourth-order valence-electron chi connectivity index (χ4n) is 1.99. The maximum atomic E-state index is 11.8. The van der Waals surface area contributed by atoms with Gasteiger partial charge < -0.3 is 9.47 Å². The molecule has 1 unspecified atom stereocenters. The summed E-state index contributed by atoms with van der Waals surface area (Å²) < 4.78 is 10.5. The van der Waals surface area contributed by atoms with Gasteiger partial charge in [0.1, 0.15) is 11.7 Å². The molecule has 1 rings (SSSR count). The van der Waals surface area contributed by atoms with Gasteiger partial charge in [-0.05, 0) is 32.9 Å². The van der Waals surface area contributed by atoms with Crippen LogP contribution in [0.1, 0.15) is 44.5 Å². The predicted octanol–water partition coefficient (Wildman–Crippen LogP) is 2.96. The third kappa shape index (κ3) is 5.55. The number of hydrogen-bond donors (Lipinski definition) is 0. The van der Waals surface area contributed by atoms with Crippen LogP contribution < -0.4 is 0 Å². The summed E-state index contributed by atoms with van der Waals surface area (Å²) in [5.41, 5.74) is -0.137. The van der Waals surface area contributed by atoms with Crippen molar-refractivity contribution in [3.05, 3.63) is 35.9 Å². The molecule has 0 radical (unpaired) electrons. The minimum absolute atomic E-state index is 0.331. The van der Waals surface area contributed by atoms with Crippen molar-refractivity contribution in [3.8, 4) is 0 Å². The van der Waals surface area contributed by atoms with Crippen LogP contribution in [0.2, 0.25) is 0 Å². The highest BCUT2D eigenvalue weighted by Gasteiger charge is 2.26. The van der Waals surface area contributed by atoms with Crippen molar-refractivity contribution >= 4 is 11.9 Å². The number of benzene rings is 1. The first-order valence-electron chi connectivity index (χ1n) is 6.26. The number of carbonyl (C=O) groups excluding carboxylic acids is 2. The summed E-state index contributed by atoms with van der Waals surface area (Å²) in [4.78, 5) is 22.8. The van der Waals surface area contributed by atoms with E-state index in [1.54, 1.807) is 45.0 Å². The molecule has 0 amide bonds. The minimum Gasteiger partial charge on any atom is -0.460 e. The number of rotatable bonds is 5. The number of ether oxygens (including phenoxy) is 2. The van der Waals surface area contributed by atoms with Crippen molar-refractivity contribution in [3.63, 3.8) is 0 Å². The Labute approximate surface area is 113 Å². The van der Waals surface area contributed by atoms with Gasteiger partial charge in [0.2, 0.25) is 0 Å². The van der Waals surface area contributed by atoms with Crippen LogP contribution in [0.25, 0.3) is 0 Å². The van der Waals surface area contributed by atoms with E-state index in [1.807, 2.05) is 6.07 Å². The Balaban J connectivity index is 2.54. The molecule has 1 aromatic carbocycles. The molecule has 1 aromatic rings. The topological polar surface area (TPSA) is 52.6 Å². The fraction of sp³-hybridized carbons (Fsp3) is 0.467. The summed E-state index contributed by atoms with van der Waals surface area (Å²) in [6, 6.07) is 8.80. The van der Waals surface area contributed by atoms with Gasteiger partial charge >= 0.3 is 11.9 Å². The third-order valence-corrected chi connectivity index (χ3v) is 2.52. The fourth-order valence-corrected chi connectivity index (χ4v) is 1.99. The maximum Gasteiger partial charge on any atom is 0.338 e. The van der Waals surface area contributed by atoms with Crippen LogP contribution in [0, 0.1) is 0 Å². The van der Waals surface area contributed by atoms with Gasteiger partial charge in [-0.25, -0.2) is 4.79 Å². The molecule has 0 aromatic heterocycles. The average molecular weight is 264 g/mol. The molecule has 0 saturated heterocycles. The quantitative estimate of drug-likeness (QED) is 0.767. The highest BCUT2D eigenvalue weighted by Crippen LogP contribution is 2.19. The first kappa shape index (κ1) is 15.2. The first-order valence-corrected chi connectivity index (χ1v) is 6.26. The zero-order chi connectivity index (χ0) is 14.5. The van der Waals surface area contributed by atoms with Gasteiger partial charge in [0, 0.05) is 13.3 Å². The molecule has 0 spiro atoms. The third-order valence-electron chi connectivity index (χ3n) is 2.52. The lowest BCUT2D eigenvalue weighted by molar-refractivity contribution is -0.155. The summed E-state index contributed by atoms with van der Waals surface area (Å²) in [5.74, 6) is -0.710. The summed E-state index contributed by atoms with van der Waals surface area (Å²) in [6.07, 6.45) is 0.118. The van der Waals surface area contributed by atoms with Crippen LogP contribution >= 0.6 is 0 Å². The van der Waals surface area contributed by atoms with Gasteiger partial charge in [0.25, 0.3) is 0 Å². The second-order valence-corrected chi connectivity index (χ2v) is 5.14. The molecule has 104 valence electrons. The Morgan fingerprint density at radius 2 is 1.79 bits per heavy atom. The van der Waals surface area contributed by atoms with E-state index in [-0.39, 0.29) is 18.0 Å². The van der Waals surface area contributed by atoms with Crippen molar-refractivity contribution in [2.75, 3.05) is 0 Å². The standard InChI is InChI=1S/C15H20O4/c1-11(10-15(3,4)19-12(2)16)18-14(17)13-8-6-5-7-9-13/h5-9,11H,10H2,1-4H3. The van der Waals surface area contributed by atoms with Gasteiger partial charge in [-0.1, -0.05) is 18.2 Å². The summed E-state index contributed by atoms with van der Waals surface area (Å²) in [5, 5.41) is 0. The molecular weight excluding hydrogens is 244 g/mol. The van der Waals surface area contributed by atoms with E-state index in [2.05, 4.69) is 0 Å². The van der Waals surface area contributed by atoms with E-state index in [1.165, 1.54) is 6.92 Å². The zero-order valence-corrected chi connectivity index (χ0v) is 11.8. The monoisotopic (exact) mass is 264 g/mol. The van der Waals surface area contributed by atoms with E-state index in [9.17, 15) is 9.59 Å². The molecule has 0 heterocycles. The Morgan fingerprint density at radius 1 is 1.21 bits per heavy atom. The van der Waals surface area contributed by atoms with Crippen LogP contribution in [0.4, 0.5) is 0 Å². The predicted molar refractivity (Wildman–Crippen MR) is 71.8 cm³/mol. The molecule has 0 aliphatic heterocycles. The summed E-state index contributed by atoms with van der Waals surface area (Å²) >= 11 is 0. The Morgan fingerprint density at radius 3 is 2.32 bits per heavy atom. The molecular formula is C15H20O4. The van der Waals surface area contributed by atoms with Gasteiger partial charge in [-0.2, -0.15) is 0 Å². The molecule has 0 N–H and O–H groups in total. The highest BCUT2D eigenvalue weighted by atomic mass is 16.6. The smallest absolute Gasteiger partial charge is 0.338 e. The lowest BCUT2D eigenvalue weighted by Crippen LogP contribution is -2.32. The molecule has 0 saturated carbocycles. The Bertz CT molecular complexity index is 437. The van der Waals surface area contributed by atoms with Crippen LogP contribution in [0.3, 0.4) is 0 Å². The molecule has 0 aliphatic rings. The molecule has 4 nitrogen and oxygen atoms in total. The van der Waals surface area contributed by atoms with Crippen LogP contribution in [0.15, 0.2) is 30.3 Å². The number of hydrogen-bond acceptors (Lipinski definition) is 4. The van der Waals surface area contributed by atoms with Gasteiger partial charge in [0.05, 0.1) is 5.56 Å². The average Bonchev–Trinajstić information content (AvgIpc) is 2.27. The molecule has 0 fully saturated rings. The van der Waals surface area contributed by atoms with Crippen molar-refractivity contribution in [1.82, 2.24) is 0 Å². The van der Waals surface area contributed by atoms with E-state index in [4.69, 9.17) is 9.47 Å². The second-order valence-electron chi connectivity index (χ2n) is 5.14. The van der Waals surface area contributed by atoms with Crippen molar-refractivity contribution < 1.29 is 19.1 Å². The molecule has 0 bridgehead atoms. The Kier molecular flexibility index (Phi) is 5.10. The van der Waals surface area contributed by atoms with E-state index < -0.39 is 5.60 Å².